The summed E-state index contributed by atoms with van der Waals surface area (Å²) in [6.45, 7) is -0.865. The third-order valence-electron chi connectivity index (χ3n) is 8.43. The van der Waals surface area contributed by atoms with Gasteiger partial charge in [0.15, 0.2) is 23.2 Å². The summed E-state index contributed by atoms with van der Waals surface area (Å²) in [6, 6.07) is 20.4. The van der Waals surface area contributed by atoms with E-state index in [1.54, 1.807) is 72.8 Å². The number of aliphatic hydroxyl groups is 3. The minimum Gasteiger partial charge on any atom is -0.394 e. The largest absolute Gasteiger partial charge is 0.394 e. The summed E-state index contributed by atoms with van der Waals surface area (Å²) >= 11 is 0. The van der Waals surface area contributed by atoms with Crippen LogP contribution in [0.15, 0.2) is 85.5 Å². The molecule has 5 aromatic rings. The molecular formula is C36H36FN7O7. The Morgan fingerprint density at radius 1 is 0.824 bits per heavy atom. The molecule has 264 valence electrons. The molecule has 51 heavy (non-hydrogen) atoms. The molecule has 0 unspecified atom stereocenters. The van der Waals surface area contributed by atoms with Crippen molar-refractivity contribution in [2.75, 3.05) is 23.8 Å². The molecule has 14 nitrogen and oxygen atoms in total. The fourth-order valence-electron chi connectivity index (χ4n) is 5.66. The van der Waals surface area contributed by atoms with E-state index < -0.39 is 37.8 Å². The minimum atomic E-state index is -1.29. The van der Waals surface area contributed by atoms with Gasteiger partial charge in [0.25, 0.3) is 5.91 Å². The number of hydrogen-bond acceptors (Lipinski definition) is 11. The van der Waals surface area contributed by atoms with Crippen molar-refractivity contribution in [1.29, 1.82) is 0 Å². The summed E-state index contributed by atoms with van der Waals surface area (Å²) in [5.41, 5.74) is 4.46. The quantitative estimate of drug-likeness (QED) is 0.0997. The average molecular weight is 698 g/mol. The lowest BCUT2D eigenvalue weighted by molar-refractivity contribution is -0.118. The van der Waals surface area contributed by atoms with Crippen LogP contribution in [0.1, 0.15) is 39.7 Å². The number of anilines is 3. The summed E-state index contributed by atoms with van der Waals surface area (Å²) in [5.74, 6) is -0.199. The van der Waals surface area contributed by atoms with Crippen LogP contribution in [0.3, 0.4) is 0 Å². The molecule has 0 radical (unpaired) electrons. The van der Waals surface area contributed by atoms with Crippen molar-refractivity contribution in [3.8, 4) is 0 Å². The Kier molecular flexibility index (Phi) is 11.0. The lowest BCUT2D eigenvalue weighted by Crippen LogP contribution is -2.33. The maximum absolute atomic E-state index is 12.8. The van der Waals surface area contributed by atoms with Gasteiger partial charge >= 0.3 is 0 Å². The van der Waals surface area contributed by atoms with Crippen LogP contribution in [0.4, 0.5) is 21.6 Å². The van der Waals surface area contributed by atoms with Gasteiger partial charge < -0.3 is 36.0 Å². The van der Waals surface area contributed by atoms with Crippen molar-refractivity contribution >= 4 is 46.0 Å². The number of carbonyl (C=O) groups excluding carboxylic acids is 3. The molecule has 6 N–H and O–H groups in total. The summed E-state index contributed by atoms with van der Waals surface area (Å²) in [6.07, 6.45) is -1.25. The van der Waals surface area contributed by atoms with E-state index in [-0.39, 0.29) is 43.4 Å². The molecule has 0 bridgehead atoms. The third kappa shape index (κ3) is 8.41. The van der Waals surface area contributed by atoms with E-state index in [2.05, 4.69) is 30.9 Å². The highest BCUT2D eigenvalue weighted by molar-refractivity contribution is 5.95. The van der Waals surface area contributed by atoms with Gasteiger partial charge in [-0.3, -0.25) is 19.0 Å². The standard InChI is InChI=1S/C36H36FN7O7/c37-17-23-1-7-24(8-2-23)35(50)38-14-13-27(46)15-21-3-9-25(10-4-21)42-29(47)16-22-5-11-26(12-6-22)43-33-30-34(40-19-39-33)44(20-41-30)36-32(49)31(48)28(18-45)51-36/h1-12,19-20,28,31-32,36,45,48-49H,13-18H2,(H,38,50)(H,42,47)(H,39,40,43)/t28-,31-,32-,36-/m1/s1. The van der Waals surface area contributed by atoms with Crippen LogP contribution in [-0.4, -0.2) is 83.9 Å². The molecule has 4 atom stereocenters. The highest BCUT2D eigenvalue weighted by Crippen LogP contribution is 2.32. The Bertz CT molecular complexity index is 1990. The lowest BCUT2D eigenvalue weighted by Gasteiger charge is -2.16. The third-order valence-corrected chi connectivity index (χ3v) is 8.43. The maximum atomic E-state index is 12.8. The Hall–Kier alpha value is -5.61. The number of ketones is 1. The molecule has 0 aliphatic carbocycles. The predicted molar refractivity (Wildman–Crippen MR) is 184 cm³/mol. The predicted octanol–water partition coefficient (Wildman–Crippen LogP) is 2.76. The molecule has 1 aliphatic rings. The Balaban J connectivity index is 0.962. The number of nitrogens with one attached hydrogen (secondary N) is 3. The first-order valence-electron chi connectivity index (χ1n) is 16.2. The van der Waals surface area contributed by atoms with E-state index in [0.717, 1.165) is 11.1 Å². The van der Waals surface area contributed by atoms with Crippen LogP contribution in [-0.2, 0) is 33.8 Å². The molecule has 0 spiro atoms. The molecule has 0 saturated carbocycles. The van der Waals surface area contributed by atoms with Gasteiger partial charge in [-0.15, -0.1) is 0 Å². The Morgan fingerprint density at radius 2 is 1.49 bits per heavy atom. The number of ether oxygens (including phenoxy) is 1. The van der Waals surface area contributed by atoms with E-state index in [1.807, 2.05) is 0 Å². The molecular weight excluding hydrogens is 661 g/mol. The van der Waals surface area contributed by atoms with Crippen LogP contribution in [0.5, 0.6) is 0 Å². The zero-order valence-corrected chi connectivity index (χ0v) is 27.3. The monoisotopic (exact) mass is 697 g/mol. The number of rotatable bonds is 14. The smallest absolute Gasteiger partial charge is 0.251 e. The first kappa shape index (κ1) is 35.2. The molecule has 1 aliphatic heterocycles. The first-order chi connectivity index (χ1) is 24.7. The van der Waals surface area contributed by atoms with E-state index in [0.29, 0.717) is 39.5 Å². The topological polar surface area (TPSA) is 201 Å². The van der Waals surface area contributed by atoms with E-state index in [4.69, 9.17) is 4.74 Å². The SMILES string of the molecule is O=C(CCNC(=O)c1ccc(CF)cc1)Cc1ccc(NC(=O)Cc2ccc(Nc3ncnc4c3ncn4[C@@H]3O[C@H](CO)[C@@H](O)[C@H]3O)cc2)cc1. The Morgan fingerprint density at radius 3 is 2.16 bits per heavy atom. The molecule has 3 aromatic carbocycles. The number of Topliss-reactive ketones (excluding diaryl/α,β-unsaturated/α-hetero) is 1. The summed E-state index contributed by atoms with van der Waals surface area (Å²) in [4.78, 5) is 50.3. The second-order valence-electron chi connectivity index (χ2n) is 12.1. The Labute approximate surface area is 291 Å². The van der Waals surface area contributed by atoms with Crippen molar-refractivity contribution in [2.24, 2.45) is 0 Å². The van der Waals surface area contributed by atoms with Crippen LogP contribution in [0.2, 0.25) is 0 Å². The number of alkyl halides is 1. The number of benzene rings is 3. The van der Waals surface area contributed by atoms with Gasteiger partial charge in [0.2, 0.25) is 5.91 Å². The van der Waals surface area contributed by atoms with Crippen molar-refractivity contribution in [3.63, 3.8) is 0 Å². The highest BCUT2D eigenvalue weighted by Gasteiger charge is 2.44. The second-order valence-corrected chi connectivity index (χ2v) is 12.1. The van der Waals surface area contributed by atoms with Crippen molar-refractivity contribution in [1.82, 2.24) is 24.8 Å². The average Bonchev–Trinajstić information content (AvgIpc) is 3.70. The number of fused-ring (bicyclic) bond motifs is 1. The summed E-state index contributed by atoms with van der Waals surface area (Å²) in [5, 5.41) is 38.7. The van der Waals surface area contributed by atoms with Crippen LogP contribution in [0.25, 0.3) is 11.2 Å². The molecule has 3 heterocycles. The zero-order chi connectivity index (χ0) is 35.9. The molecule has 1 fully saturated rings. The number of halogens is 1. The first-order valence-corrected chi connectivity index (χ1v) is 16.2. The number of nitrogens with zero attached hydrogens (tertiary/aromatic N) is 4. The molecule has 1 saturated heterocycles. The minimum absolute atomic E-state index is 0.0484. The highest BCUT2D eigenvalue weighted by atomic mass is 19.1. The fraction of sp³-hybridized carbons (Fsp3) is 0.278. The maximum Gasteiger partial charge on any atom is 0.251 e. The fourth-order valence-corrected chi connectivity index (χ4v) is 5.66. The van der Waals surface area contributed by atoms with Crippen LogP contribution < -0.4 is 16.0 Å². The number of aliphatic hydroxyl groups excluding tert-OH is 3. The van der Waals surface area contributed by atoms with Crippen LogP contribution in [0, 0.1) is 0 Å². The van der Waals surface area contributed by atoms with Gasteiger partial charge in [0.1, 0.15) is 37.1 Å². The van der Waals surface area contributed by atoms with Gasteiger partial charge in [-0.05, 0) is 53.1 Å². The van der Waals surface area contributed by atoms with Gasteiger partial charge in [0, 0.05) is 36.3 Å². The second kappa shape index (κ2) is 15.9. The van der Waals surface area contributed by atoms with Gasteiger partial charge in [-0.2, -0.15) is 0 Å². The van der Waals surface area contributed by atoms with Gasteiger partial charge in [0.05, 0.1) is 19.4 Å². The van der Waals surface area contributed by atoms with Crippen molar-refractivity contribution in [3.05, 3.63) is 108 Å². The number of aromatic nitrogens is 4. The van der Waals surface area contributed by atoms with Gasteiger partial charge in [-0.25, -0.2) is 19.3 Å². The van der Waals surface area contributed by atoms with Crippen LogP contribution >= 0.6 is 0 Å². The summed E-state index contributed by atoms with van der Waals surface area (Å²) < 4.78 is 19.7. The molecule has 2 aromatic heterocycles. The normalized spacial score (nSPS) is 18.4. The number of carbonyl (C=O) groups is 3. The van der Waals surface area contributed by atoms with E-state index >= 15 is 0 Å². The van der Waals surface area contributed by atoms with E-state index in [1.165, 1.54) is 17.2 Å². The van der Waals surface area contributed by atoms with E-state index in [9.17, 15) is 34.1 Å². The van der Waals surface area contributed by atoms with Crippen molar-refractivity contribution in [2.45, 2.75) is 50.5 Å². The van der Waals surface area contributed by atoms with Gasteiger partial charge in [-0.1, -0.05) is 36.4 Å². The molecule has 6 rings (SSSR count). The number of hydrogen-bond donors (Lipinski definition) is 6. The number of imidazole rings is 1. The van der Waals surface area contributed by atoms with Crippen molar-refractivity contribution < 1.29 is 38.8 Å². The molecule has 15 heteroatoms. The lowest BCUT2D eigenvalue weighted by atomic mass is 10.1. The number of amides is 2. The summed E-state index contributed by atoms with van der Waals surface area (Å²) in [7, 11) is 0. The molecule has 2 amide bonds. The zero-order valence-electron chi connectivity index (χ0n) is 27.3.